The molecule has 0 radical (unpaired) electrons. The number of rotatable bonds is 2. The van der Waals surface area contributed by atoms with Crippen LogP contribution in [0.5, 0.6) is 0 Å². The van der Waals surface area contributed by atoms with Crippen LogP contribution in [0, 0.1) is 23.2 Å². The summed E-state index contributed by atoms with van der Waals surface area (Å²) in [6.07, 6.45) is 3.53. The highest BCUT2D eigenvalue weighted by molar-refractivity contribution is 5.20. The highest BCUT2D eigenvalue weighted by Gasteiger charge is 2.31. The number of nitriles is 1. The normalized spacial score (nSPS) is 27.2. The molecular formula is C14H17N. The smallest absolute Gasteiger partial charge is 0.0658 e. The molecule has 0 bridgehead atoms. The van der Waals surface area contributed by atoms with Crippen LogP contribution in [0.25, 0.3) is 0 Å². The second-order valence-electron chi connectivity index (χ2n) is 4.53. The molecule has 0 aromatic heterocycles. The molecule has 1 fully saturated rings. The Morgan fingerprint density at radius 3 is 2.67 bits per heavy atom. The summed E-state index contributed by atoms with van der Waals surface area (Å²) in [5.41, 5.74) is 1.38. The molecule has 2 rings (SSSR count). The van der Waals surface area contributed by atoms with Crippen molar-refractivity contribution in [3.8, 4) is 6.07 Å². The number of nitrogens with zero attached hydrogens (tertiary/aromatic N) is 1. The zero-order valence-electron chi connectivity index (χ0n) is 9.19. The van der Waals surface area contributed by atoms with E-state index in [9.17, 15) is 0 Å². The van der Waals surface area contributed by atoms with Crippen LogP contribution in [-0.2, 0) is 0 Å². The van der Waals surface area contributed by atoms with Gasteiger partial charge in [0.25, 0.3) is 0 Å². The van der Waals surface area contributed by atoms with E-state index in [1.54, 1.807) is 0 Å². The first-order chi connectivity index (χ1) is 7.33. The lowest BCUT2D eigenvalue weighted by molar-refractivity contribution is 0.398. The number of hydrogen-bond acceptors (Lipinski definition) is 1. The summed E-state index contributed by atoms with van der Waals surface area (Å²) in [6, 6.07) is 13.0. The molecule has 1 aromatic rings. The molecule has 0 spiro atoms. The van der Waals surface area contributed by atoms with Gasteiger partial charge >= 0.3 is 0 Å². The molecule has 1 aliphatic rings. The fourth-order valence-corrected chi connectivity index (χ4v) is 2.75. The summed E-state index contributed by atoms with van der Waals surface area (Å²) in [4.78, 5) is 0. The molecular weight excluding hydrogens is 182 g/mol. The number of hydrogen-bond donors (Lipinski definition) is 0. The zero-order chi connectivity index (χ0) is 10.7. The molecule has 0 saturated heterocycles. The molecule has 0 amide bonds. The van der Waals surface area contributed by atoms with Crippen LogP contribution in [0.15, 0.2) is 30.3 Å². The maximum Gasteiger partial charge on any atom is 0.0658 e. The Morgan fingerprint density at radius 1 is 1.27 bits per heavy atom. The Morgan fingerprint density at radius 2 is 2.00 bits per heavy atom. The van der Waals surface area contributed by atoms with Gasteiger partial charge in [0.2, 0.25) is 0 Å². The summed E-state index contributed by atoms with van der Waals surface area (Å²) in [6.45, 7) is 2.26. The van der Waals surface area contributed by atoms with Gasteiger partial charge in [-0.05, 0) is 30.2 Å². The van der Waals surface area contributed by atoms with Crippen molar-refractivity contribution in [3.05, 3.63) is 35.9 Å². The van der Waals surface area contributed by atoms with Gasteiger partial charge in [-0.1, -0.05) is 43.7 Å². The van der Waals surface area contributed by atoms with Gasteiger partial charge in [0.15, 0.2) is 0 Å². The second-order valence-corrected chi connectivity index (χ2v) is 4.53. The Balaban J connectivity index is 2.15. The third-order valence-corrected chi connectivity index (χ3v) is 3.70. The summed E-state index contributed by atoms with van der Waals surface area (Å²) >= 11 is 0. The van der Waals surface area contributed by atoms with E-state index in [0.717, 1.165) is 6.42 Å². The lowest BCUT2D eigenvalue weighted by Gasteiger charge is -2.22. The topological polar surface area (TPSA) is 23.8 Å². The molecule has 1 saturated carbocycles. The number of benzene rings is 1. The van der Waals surface area contributed by atoms with Gasteiger partial charge in [0.1, 0.15) is 0 Å². The summed E-state index contributed by atoms with van der Waals surface area (Å²) in [5.74, 6) is 1.37. The van der Waals surface area contributed by atoms with E-state index in [2.05, 4.69) is 37.3 Å². The average molecular weight is 199 g/mol. The van der Waals surface area contributed by atoms with Crippen LogP contribution in [0.1, 0.15) is 37.7 Å². The molecule has 0 aliphatic heterocycles. The van der Waals surface area contributed by atoms with Gasteiger partial charge in [-0.3, -0.25) is 0 Å². The predicted octanol–water partition coefficient (Wildman–Crippen LogP) is 3.73. The van der Waals surface area contributed by atoms with Crippen LogP contribution in [0.4, 0.5) is 0 Å². The minimum absolute atomic E-state index is 0.278. The first kappa shape index (κ1) is 10.2. The van der Waals surface area contributed by atoms with E-state index in [1.165, 1.54) is 18.4 Å². The molecule has 0 heterocycles. The van der Waals surface area contributed by atoms with Gasteiger partial charge in [-0.15, -0.1) is 0 Å². The van der Waals surface area contributed by atoms with Crippen molar-refractivity contribution in [2.45, 2.75) is 32.1 Å². The third-order valence-electron chi connectivity index (χ3n) is 3.70. The minimum atomic E-state index is 0.278. The molecule has 15 heavy (non-hydrogen) atoms. The lowest BCUT2D eigenvalue weighted by Crippen LogP contribution is -2.13. The van der Waals surface area contributed by atoms with Gasteiger partial charge in [0.05, 0.1) is 6.07 Å². The molecule has 1 aromatic carbocycles. The maximum atomic E-state index is 9.08. The fraction of sp³-hybridized carbons (Fsp3) is 0.500. The van der Waals surface area contributed by atoms with E-state index < -0.39 is 0 Å². The van der Waals surface area contributed by atoms with Crippen molar-refractivity contribution in [2.75, 3.05) is 0 Å². The van der Waals surface area contributed by atoms with E-state index in [1.807, 2.05) is 6.07 Å². The SMILES string of the molecule is CC(c1ccccc1)C1CCCC1C#N. The van der Waals surface area contributed by atoms with Gasteiger partial charge in [-0.25, -0.2) is 0 Å². The van der Waals surface area contributed by atoms with E-state index in [-0.39, 0.29) is 5.92 Å². The van der Waals surface area contributed by atoms with Crippen LogP contribution >= 0.6 is 0 Å². The zero-order valence-corrected chi connectivity index (χ0v) is 9.19. The van der Waals surface area contributed by atoms with Gasteiger partial charge < -0.3 is 0 Å². The molecule has 78 valence electrons. The first-order valence-corrected chi connectivity index (χ1v) is 5.77. The van der Waals surface area contributed by atoms with Crippen LogP contribution < -0.4 is 0 Å². The van der Waals surface area contributed by atoms with Crippen LogP contribution in [0.2, 0.25) is 0 Å². The first-order valence-electron chi connectivity index (χ1n) is 5.77. The standard InChI is InChI=1S/C14H17N/c1-11(12-6-3-2-4-7-12)14-9-5-8-13(14)10-15/h2-4,6-7,11,13-14H,5,8-9H2,1H3. The highest BCUT2D eigenvalue weighted by Crippen LogP contribution is 2.40. The summed E-state index contributed by atoms with van der Waals surface area (Å²) in [5, 5.41) is 9.08. The van der Waals surface area contributed by atoms with Gasteiger partial charge in [-0.2, -0.15) is 5.26 Å². The molecule has 1 nitrogen and oxygen atoms in total. The molecule has 3 unspecified atom stereocenters. The Bertz CT molecular complexity index is 349. The van der Waals surface area contributed by atoms with E-state index in [4.69, 9.17) is 5.26 Å². The quantitative estimate of drug-likeness (QED) is 0.712. The van der Waals surface area contributed by atoms with Crippen molar-refractivity contribution in [1.82, 2.24) is 0 Å². The van der Waals surface area contributed by atoms with Crippen molar-refractivity contribution < 1.29 is 0 Å². The van der Waals surface area contributed by atoms with Crippen LogP contribution in [0.3, 0.4) is 0 Å². The fourth-order valence-electron chi connectivity index (χ4n) is 2.75. The van der Waals surface area contributed by atoms with E-state index >= 15 is 0 Å². The minimum Gasteiger partial charge on any atom is -0.198 e. The van der Waals surface area contributed by atoms with E-state index in [0.29, 0.717) is 11.8 Å². The lowest BCUT2D eigenvalue weighted by atomic mass is 9.81. The molecule has 1 aliphatic carbocycles. The third kappa shape index (κ3) is 2.04. The van der Waals surface area contributed by atoms with Crippen molar-refractivity contribution in [1.29, 1.82) is 5.26 Å². The molecule has 0 N–H and O–H groups in total. The summed E-state index contributed by atoms with van der Waals surface area (Å²) < 4.78 is 0. The van der Waals surface area contributed by atoms with Gasteiger partial charge in [0, 0.05) is 5.92 Å². The largest absolute Gasteiger partial charge is 0.198 e. The highest BCUT2D eigenvalue weighted by atomic mass is 14.4. The maximum absolute atomic E-state index is 9.08. The van der Waals surface area contributed by atoms with Crippen molar-refractivity contribution >= 4 is 0 Å². The van der Waals surface area contributed by atoms with Crippen molar-refractivity contribution in [3.63, 3.8) is 0 Å². The van der Waals surface area contributed by atoms with Crippen molar-refractivity contribution in [2.24, 2.45) is 11.8 Å². The predicted molar refractivity (Wildman–Crippen MR) is 61.3 cm³/mol. The Hall–Kier alpha value is -1.29. The molecule has 1 heteroatoms. The van der Waals surface area contributed by atoms with Crippen LogP contribution in [-0.4, -0.2) is 0 Å². The average Bonchev–Trinajstić information content (AvgIpc) is 2.77. The summed E-state index contributed by atoms with van der Waals surface area (Å²) in [7, 11) is 0. The Labute approximate surface area is 91.7 Å². The Kier molecular flexibility index (Phi) is 3.06. The second kappa shape index (κ2) is 4.49. The molecule has 3 atom stereocenters. The monoisotopic (exact) mass is 199 g/mol.